The van der Waals surface area contributed by atoms with Gasteiger partial charge in [-0.2, -0.15) is 0 Å². The van der Waals surface area contributed by atoms with Crippen LogP contribution in [0.15, 0.2) is 30.3 Å². The first-order valence-electron chi connectivity index (χ1n) is 6.50. The zero-order valence-corrected chi connectivity index (χ0v) is 10.5. The van der Waals surface area contributed by atoms with Gasteiger partial charge in [-0.25, -0.2) is 0 Å². The van der Waals surface area contributed by atoms with Gasteiger partial charge in [0.15, 0.2) is 0 Å². The molecule has 4 heteroatoms. The van der Waals surface area contributed by atoms with Crippen LogP contribution < -0.4 is 5.32 Å². The molecule has 0 saturated carbocycles. The van der Waals surface area contributed by atoms with Crippen molar-refractivity contribution in [1.82, 2.24) is 10.2 Å². The third-order valence-electron chi connectivity index (χ3n) is 3.28. The summed E-state index contributed by atoms with van der Waals surface area (Å²) in [5, 5.41) is 11.8. The zero-order chi connectivity index (χ0) is 12.8. The molecule has 18 heavy (non-hydrogen) atoms. The summed E-state index contributed by atoms with van der Waals surface area (Å²) >= 11 is 0. The highest BCUT2D eigenvalue weighted by Gasteiger charge is 2.30. The van der Waals surface area contributed by atoms with E-state index in [1.165, 1.54) is 0 Å². The number of piperazine rings is 1. The van der Waals surface area contributed by atoms with Crippen molar-refractivity contribution in [3.05, 3.63) is 35.9 Å². The number of nitrogens with zero attached hydrogens (tertiary/aromatic N) is 1. The van der Waals surface area contributed by atoms with Crippen molar-refractivity contribution in [1.29, 1.82) is 0 Å². The van der Waals surface area contributed by atoms with E-state index >= 15 is 0 Å². The second kappa shape index (κ2) is 6.52. The number of benzene rings is 1. The highest BCUT2D eigenvalue weighted by Crippen LogP contribution is 2.23. The molecule has 1 unspecified atom stereocenters. The predicted octanol–water partition coefficient (Wildman–Crippen LogP) is 0.932. The van der Waals surface area contributed by atoms with Gasteiger partial charge < -0.3 is 10.4 Å². The molecule has 1 aromatic rings. The average molecular weight is 248 g/mol. The molecule has 0 spiro atoms. The lowest BCUT2D eigenvalue weighted by Crippen LogP contribution is -2.50. The van der Waals surface area contributed by atoms with Gasteiger partial charge in [0.25, 0.3) is 0 Å². The average Bonchev–Trinajstić information content (AvgIpc) is 2.40. The van der Waals surface area contributed by atoms with Crippen LogP contribution in [0, 0.1) is 0 Å². The summed E-state index contributed by atoms with van der Waals surface area (Å²) in [5.41, 5.74) is 1.04. The smallest absolute Gasteiger partial charge is 0.242 e. The van der Waals surface area contributed by atoms with E-state index in [-0.39, 0.29) is 18.6 Å². The van der Waals surface area contributed by atoms with Crippen molar-refractivity contribution in [3.63, 3.8) is 0 Å². The van der Waals surface area contributed by atoms with Crippen molar-refractivity contribution in [2.45, 2.75) is 18.9 Å². The number of unbranched alkanes of at least 4 members (excludes halogenated alkanes) is 1. The van der Waals surface area contributed by atoms with Gasteiger partial charge in [0.05, 0.1) is 0 Å². The van der Waals surface area contributed by atoms with Crippen LogP contribution in [0.4, 0.5) is 0 Å². The minimum Gasteiger partial charge on any atom is -0.396 e. The van der Waals surface area contributed by atoms with Crippen LogP contribution in [0.3, 0.4) is 0 Å². The number of carbonyl (C=O) groups excluding carboxylic acids is 1. The summed E-state index contributed by atoms with van der Waals surface area (Å²) in [7, 11) is 0. The third kappa shape index (κ3) is 3.09. The monoisotopic (exact) mass is 248 g/mol. The Labute approximate surface area is 108 Å². The Balaban J connectivity index is 2.08. The predicted molar refractivity (Wildman–Crippen MR) is 70.1 cm³/mol. The number of nitrogens with one attached hydrogen (secondary N) is 1. The minimum atomic E-state index is -0.182. The molecule has 0 radical (unpaired) electrons. The molecule has 1 aliphatic heterocycles. The van der Waals surface area contributed by atoms with Crippen LogP contribution in [0.2, 0.25) is 0 Å². The maximum atomic E-state index is 12.0. The van der Waals surface area contributed by atoms with E-state index in [1.807, 2.05) is 30.3 Å². The Kier molecular flexibility index (Phi) is 4.73. The lowest BCUT2D eigenvalue weighted by Gasteiger charge is -2.35. The third-order valence-corrected chi connectivity index (χ3v) is 3.28. The number of rotatable bonds is 5. The maximum Gasteiger partial charge on any atom is 0.242 e. The maximum absolute atomic E-state index is 12.0. The van der Waals surface area contributed by atoms with Crippen LogP contribution in [-0.2, 0) is 4.79 Å². The van der Waals surface area contributed by atoms with E-state index in [9.17, 15) is 4.79 Å². The zero-order valence-electron chi connectivity index (χ0n) is 10.5. The first kappa shape index (κ1) is 13.1. The van der Waals surface area contributed by atoms with Crippen LogP contribution >= 0.6 is 0 Å². The van der Waals surface area contributed by atoms with E-state index in [4.69, 9.17) is 5.11 Å². The highest BCUT2D eigenvalue weighted by atomic mass is 16.2. The molecule has 1 amide bonds. The number of aliphatic hydroxyl groups excluding tert-OH is 1. The summed E-state index contributed by atoms with van der Waals surface area (Å²) in [5.74, 6) is 0.0800. The van der Waals surface area contributed by atoms with Crippen molar-refractivity contribution in [3.8, 4) is 0 Å². The molecule has 1 fully saturated rings. The quantitative estimate of drug-likeness (QED) is 0.762. The molecular weight excluding hydrogens is 228 g/mol. The van der Waals surface area contributed by atoms with Crippen LogP contribution in [0.25, 0.3) is 0 Å². The Morgan fingerprint density at radius 2 is 2.06 bits per heavy atom. The fraction of sp³-hybridized carbons (Fsp3) is 0.500. The van der Waals surface area contributed by atoms with Gasteiger partial charge in [-0.1, -0.05) is 30.3 Å². The molecule has 2 rings (SSSR count). The van der Waals surface area contributed by atoms with Crippen LogP contribution in [0.5, 0.6) is 0 Å². The SMILES string of the molecule is O=C1NCCN(CCCCO)C1c1ccccc1. The van der Waals surface area contributed by atoms with Crippen LogP contribution in [-0.4, -0.2) is 42.2 Å². The van der Waals surface area contributed by atoms with E-state index in [0.717, 1.165) is 31.5 Å². The number of amides is 1. The van der Waals surface area contributed by atoms with Crippen molar-refractivity contribution in [2.75, 3.05) is 26.2 Å². The molecule has 2 N–H and O–H groups in total. The number of hydrogen-bond donors (Lipinski definition) is 2. The first-order chi connectivity index (χ1) is 8.83. The van der Waals surface area contributed by atoms with E-state index < -0.39 is 0 Å². The molecule has 1 aromatic carbocycles. The molecule has 0 bridgehead atoms. The standard InChI is InChI=1S/C14H20N2O2/c17-11-5-4-9-16-10-8-15-14(18)13(16)12-6-2-1-3-7-12/h1-3,6-7,13,17H,4-5,8-11H2,(H,15,18). The molecule has 0 aromatic heterocycles. The molecule has 98 valence electrons. The molecule has 4 nitrogen and oxygen atoms in total. The lowest BCUT2D eigenvalue weighted by atomic mass is 10.0. The summed E-state index contributed by atoms with van der Waals surface area (Å²) < 4.78 is 0. The topological polar surface area (TPSA) is 52.6 Å². The number of hydrogen-bond acceptors (Lipinski definition) is 3. The van der Waals surface area contributed by atoms with Crippen molar-refractivity contribution in [2.24, 2.45) is 0 Å². The Morgan fingerprint density at radius 3 is 2.78 bits per heavy atom. The molecule has 0 aliphatic carbocycles. The normalized spacial score (nSPS) is 20.7. The number of carbonyl (C=O) groups is 1. The molecule has 1 saturated heterocycles. The molecule has 1 heterocycles. The second-order valence-electron chi connectivity index (χ2n) is 4.57. The highest BCUT2D eigenvalue weighted by molar-refractivity contribution is 5.83. The molecular formula is C14H20N2O2. The second-order valence-corrected chi connectivity index (χ2v) is 4.57. The Hall–Kier alpha value is -1.39. The molecule has 1 atom stereocenters. The fourth-order valence-electron chi connectivity index (χ4n) is 2.38. The van der Waals surface area contributed by atoms with E-state index in [0.29, 0.717) is 6.54 Å². The van der Waals surface area contributed by atoms with Gasteiger partial charge >= 0.3 is 0 Å². The van der Waals surface area contributed by atoms with Crippen molar-refractivity contribution >= 4 is 5.91 Å². The van der Waals surface area contributed by atoms with Gasteiger partial charge in [-0.3, -0.25) is 9.69 Å². The van der Waals surface area contributed by atoms with Gasteiger partial charge in [-0.05, 0) is 24.9 Å². The Morgan fingerprint density at radius 1 is 1.28 bits per heavy atom. The van der Waals surface area contributed by atoms with Crippen molar-refractivity contribution < 1.29 is 9.90 Å². The van der Waals surface area contributed by atoms with Gasteiger partial charge in [0.2, 0.25) is 5.91 Å². The largest absolute Gasteiger partial charge is 0.396 e. The van der Waals surface area contributed by atoms with Gasteiger partial charge in [0.1, 0.15) is 6.04 Å². The fourth-order valence-corrected chi connectivity index (χ4v) is 2.38. The lowest BCUT2D eigenvalue weighted by molar-refractivity contribution is -0.129. The summed E-state index contributed by atoms with van der Waals surface area (Å²) in [6, 6.07) is 9.69. The number of aliphatic hydroxyl groups is 1. The first-order valence-corrected chi connectivity index (χ1v) is 6.50. The summed E-state index contributed by atoms with van der Waals surface area (Å²) in [4.78, 5) is 14.2. The van der Waals surface area contributed by atoms with Crippen LogP contribution in [0.1, 0.15) is 24.4 Å². The van der Waals surface area contributed by atoms with E-state index in [1.54, 1.807) is 0 Å². The van der Waals surface area contributed by atoms with E-state index in [2.05, 4.69) is 10.2 Å². The minimum absolute atomic E-state index is 0.0800. The van der Waals surface area contributed by atoms with Gasteiger partial charge in [-0.15, -0.1) is 0 Å². The van der Waals surface area contributed by atoms with Gasteiger partial charge in [0, 0.05) is 19.7 Å². The summed E-state index contributed by atoms with van der Waals surface area (Å²) in [6.45, 7) is 2.65. The summed E-state index contributed by atoms with van der Waals surface area (Å²) in [6.07, 6.45) is 1.72. The molecule has 1 aliphatic rings. The Bertz CT molecular complexity index is 381.